The molecule has 0 unspecified atom stereocenters. The summed E-state index contributed by atoms with van der Waals surface area (Å²) >= 11 is 0. The van der Waals surface area contributed by atoms with Crippen molar-refractivity contribution in [3.8, 4) is 5.82 Å². The van der Waals surface area contributed by atoms with Crippen LogP contribution in [0, 0.1) is 13.8 Å². The quantitative estimate of drug-likeness (QED) is 0.612. The van der Waals surface area contributed by atoms with Crippen molar-refractivity contribution < 1.29 is 8.42 Å². The molecule has 2 aromatic heterocycles. The highest BCUT2D eigenvalue weighted by atomic mass is 32.2. The maximum absolute atomic E-state index is 12.4. The number of aryl methyl sites for hydroxylation is 2. The summed E-state index contributed by atoms with van der Waals surface area (Å²) < 4.78 is 29.1. The minimum Gasteiger partial charge on any atom is -0.369 e. The number of nitrogens with one attached hydrogen (secondary N) is 2. The maximum Gasteiger partial charge on any atom is 0.240 e. The Hall–Kier alpha value is -2.78. The van der Waals surface area contributed by atoms with E-state index in [9.17, 15) is 8.42 Å². The Bertz CT molecular complexity index is 986. The number of hydrogen-bond acceptors (Lipinski definition) is 6. The third kappa shape index (κ3) is 4.24. The molecule has 2 N–H and O–H groups in total. The van der Waals surface area contributed by atoms with Crippen LogP contribution in [0.1, 0.15) is 11.1 Å². The fourth-order valence-electron chi connectivity index (χ4n) is 2.42. The van der Waals surface area contributed by atoms with Crippen LogP contribution in [-0.2, 0) is 10.0 Å². The van der Waals surface area contributed by atoms with E-state index >= 15 is 0 Å². The second-order valence-corrected chi connectivity index (χ2v) is 7.54. The monoisotopic (exact) mass is 372 g/mol. The minimum atomic E-state index is -3.55. The van der Waals surface area contributed by atoms with Gasteiger partial charge in [-0.15, -0.1) is 0 Å². The summed E-state index contributed by atoms with van der Waals surface area (Å²) in [6, 6.07) is 8.91. The van der Waals surface area contributed by atoms with Gasteiger partial charge in [-0.3, -0.25) is 0 Å². The van der Waals surface area contributed by atoms with Gasteiger partial charge in [0.2, 0.25) is 10.0 Å². The van der Waals surface area contributed by atoms with Crippen LogP contribution in [0.15, 0.2) is 53.9 Å². The summed E-state index contributed by atoms with van der Waals surface area (Å²) in [4.78, 5) is 8.58. The highest BCUT2D eigenvalue weighted by Crippen LogP contribution is 2.16. The molecule has 0 spiro atoms. The molecule has 8 nitrogen and oxygen atoms in total. The van der Waals surface area contributed by atoms with E-state index < -0.39 is 10.0 Å². The van der Waals surface area contributed by atoms with Gasteiger partial charge in [0.25, 0.3) is 0 Å². The van der Waals surface area contributed by atoms with Crippen molar-refractivity contribution in [1.82, 2.24) is 24.5 Å². The molecule has 0 aliphatic rings. The number of sulfonamides is 1. The van der Waals surface area contributed by atoms with Gasteiger partial charge in [-0.25, -0.2) is 27.8 Å². The summed E-state index contributed by atoms with van der Waals surface area (Å²) in [7, 11) is -3.55. The predicted molar refractivity (Wildman–Crippen MR) is 98.7 cm³/mol. The molecule has 3 aromatic rings. The van der Waals surface area contributed by atoms with Crippen LogP contribution in [0.2, 0.25) is 0 Å². The lowest BCUT2D eigenvalue weighted by Crippen LogP contribution is -2.29. The van der Waals surface area contributed by atoms with Gasteiger partial charge < -0.3 is 5.32 Å². The van der Waals surface area contributed by atoms with Gasteiger partial charge in [-0.1, -0.05) is 12.1 Å². The molecule has 1 aromatic carbocycles. The van der Waals surface area contributed by atoms with Gasteiger partial charge in [0.15, 0.2) is 5.82 Å². The van der Waals surface area contributed by atoms with Crippen molar-refractivity contribution >= 4 is 15.8 Å². The Labute approximate surface area is 152 Å². The molecule has 0 aliphatic heterocycles. The lowest BCUT2D eigenvalue weighted by atomic mass is 10.2. The molecule has 0 amide bonds. The molecule has 2 heterocycles. The number of anilines is 1. The van der Waals surface area contributed by atoms with Gasteiger partial charge in [-0.2, -0.15) is 5.10 Å². The van der Waals surface area contributed by atoms with E-state index in [0.29, 0.717) is 23.1 Å². The number of benzene rings is 1. The van der Waals surface area contributed by atoms with Crippen LogP contribution in [0.5, 0.6) is 0 Å². The zero-order chi connectivity index (χ0) is 18.6. The van der Waals surface area contributed by atoms with Crippen molar-refractivity contribution in [1.29, 1.82) is 0 Å². The zero-order valence-corrected chi connectivity index (χ0v) is 15.4. The minimum absolute atomic E-state index is 0.233. The van der Waals surface area contributed by atoms with E-state index in [2.05, 4.69) is 25.1 Å². The molecule has 0 aliphatic carbocycles. The molecule has 0 saturated carbocycles. The molecular weight excluding hydrogens is 352 g/mol. The Kier molecular flexibility index (Phi) is 5.29. The van der Waals surface area contributed by atoms with Crippen molar-refractivity contribution in [3.63, 3.8) is 0 Å². The Morgan fingerprint density at radius 2 is 1.96 bits per heavy atom. The van der Waals surface area contributed by atoms with E-state index in [-0.39, 0.29) is 6.54 Å². The van der Waals surface area contributed by atoms with Crippen LogP contribution in [-0.4, -0.2) is 41.3 Å². The topological polar surface area (TPSA) is 102 Å². The molecule has 26 heavy (non-hydrogen) atoms. The molecule has 9 heteroatoms. The van der Waals surface area contributed by atoms with E-state index in [1.165, 1.54) is 6.33 Å². The first-order chi connectivity index (χ1) is 12.5. The second kappa shape index (κ2) is 7.63. The first kappa shape index (κ1) is 18.0. The van der Waals surface area contributed by atoms with E-state index in [4.69, 9.17) is 0 Å². The average Bonchev–Trinajstić information content (AvgIpc) is 3.16. The van der Waals surface area contributed by atoms with Crippen LogP contribution in [0.25, 0.3) is 5.82 Å². The van der Waals surface area contributed by atoms with Crippen LogP contribution < -0.4 is 10.0 Å². The van der Waals surface area contributed by atoms with Crippen molar-refractivity contribution in [2.75, 3.05) is 18.4 Å². The predicted octanol–water partition coefficient (Wildman–Crippen LogP) is 1.67. The third-order valence-corrected chi connectivity index (χ3v) is 5.35. The number of nitrogens with zero attached hydrogens (tertiary/aromatic N) is 4. The molecule has 0 saturated heterocycles. The van der Waals surface area contributed by atoms with Crippen LogP contribution >= 0.6 is 0 Å². The van der Waals surface area contributed by atoms with Gasteiger partial charge in [0.1, 0.15) is 12.1 Å². The first-order valence-corrected chi connectivity index (χ1v) is 9.57. The Morgan fingerprint density at radius 1 is 1.12 bits per heavy atom. The smallest absolute Gasteiger partial charge is 0.240 e. The van der Waals surface area contributed by atoms with E-state index in [1.54, 1.807) is 48.3 Å². The standard InChI is InChI=1S/C17H20N6O2S/c1-13-4-5-14(2)15(10-13)26(24,25)22-8-7-18-16-11-17(20-12-19-16)23-9-3-6-21-23/h3-6,9-12,22H,7-8H2,1-2H3,(H,18,19,20). The summed E-state index contributed by atoms with van der Waals surface area (Å²) in [5.74, 6) is 1.22. The number of hydrogen-bond donors (Lipinski definition) is 2. The van der Waals surface area contributed by atoms with Crippen molar-refractivity contribution in [2.24, 2.45) is 0 Å². The summed E-state index contributed by atoms with van der Waals surface area (Å²) in [6.45, 7) is 4.27. The molecular formula is C17H20N6O2S. The summed E-state index contributed by atoms with van der Waals surface area (Å²) in [5, 5.41) is 7.19. The molecule has 136 valence electrons. The lowest BCUT2D eigenvalue weighted by Gasteiger charge is -2.11. The Balaban J connectivity index is 1.59. The maximum atomic E-state index is 12.4. The van der Waals surface area contributed by atoms with Gasteiger partial charge in [0, 0.05) is 31.5 Å². The van der Waals surface area contributed by atoms with Gasteiger partial charge in [-0.05, 0) is 37.1 Å². The fourth-order valence-corrected chi connectivity index (χ4v) is 3.78. The molecule has 0 atom stereocenters. The highest BCUT2D eigenvalue weighted by Gasteiger charge is 2.16. The van der Waals surface area contributed by atoms with Crippen molar-refractivity contribution in [3.05, 3.63) is 60.2 Å². The molecule has 0 bridgehead atoms. The average molecular weight is 372 g/mol. The van der Waals surface area contributed by atoms with Gasteiger partial charge in [0.05, 0.1) is 4.90 Å². The van der Waals surface area contributed by atoms with E-state index in [0.717, 1.165) is 11.1 Å². The van der Waals surface area contributed by atoms with E-state index in [1.807, 2.05) is 13.0 Å². The molecule has 3 rings (SSSR count). The highest BCUT2D eigenvalue weighted by molar-refractivity contribution is 7.89. The fraction of sp³-hybridized carbons (Fsp3) is 0.235. The third-order valence-electron chi connectivity index (χ3n) is 3.75. The summed E-state index contributed by atoms with van der Waals surface area (Å²) in [5.41, 5.74) is 1.62. The second-order valence-electron chi connectivity index (χ2n) is 5.81. The first-order valence-electron chi connectivity index (χ1n) is 8.08. The van der Waals surface area contributed by atoms with Crippen LogP contribution in [0.4, 0.5) is 5.82 Å². The SMILES string of the molecule is Cc1ccc(C)c(S(=O)(=O)NCCNc2cc(-n3cccn3)ncn2)c1. The largest absolute Gasteiger partial charge is 0.369 e. The molecule has 0 fully saturated rings. The normalized spacial score (nSPS) is 11.5. The molecule has 0 radical (unpaired) electrons. The Morgan fingerprint density at radius 3 is 2.73 bits per heavy atom. The lowest BCUT2D eigenvalue weighted by molar-refractivity contribution is 0.582. The number of aromatic nitrogens is 4. The van der Waals surface area contributed by atoms with Gasteiger partial charge >= 0.3 is 0 Å². The summed E-state index contributed by atoms with van der Waals surface area (Å²) in [6.07, 6.45) is 4.88. The van der Waals surface area contributed by atoms with Crippen molar-refractivity contribution in [2.45, 2.75) is 18.7 Å². The van der Waals surface area contributed by atoms with Crippen LogP contribution in [0.3, 0.4) is 0 Å². The zero-order valence-electron chi connectivity index (χ0n) is 14.5. The number of rotatable bonds is 7.